The largest absolute Gasteiger partial charge is 0.455 e. The fraction of sp³-hybridized carbons (Fsp3) is 0.500. The summed E-state index contributed by atoms with van der Waals surface area (Å²) in [5.74, 6) is -1.93. The molecule has 2 rings (SSSR count). The number of carbonyl (C=O) groups excluding carboxylic acids is 3. The first-order valence-electron chi connectivity index (χ1n) is 9.27. The lowest BCUT2D eigenvalue weighted by Gasteiger charge is -2.23. The van der Waals surface area contributed by atoms with Crippen molar-refractivity contribution in [1.82, 2.24) is 9.21 Å². The third kappa shape index (κ3) is 6.74. The number of anilines is 1. The Morgan fingerprint density at radius 2 is 1.77 bits per heavy atom. The van der Waals surface area contributed by atoms with E-state index in [4.69, 9.17) is 4.74 Å². The van der Waals surface area contributed by atoms with E-state index in [0.717, 1.165) is 4.31 Å². The number of sulfonamides is 1. The van der Waals surface area contributed by atoms with Crippen molar-refractivity contribution >= 4 is 43.3 Å². The number of rotatable bonds is 8. The molecule has 1 aromatic rings. The summed E-state index contributed by atoms with van der Waals surface area (Å²) in [6.07, 6.45) is 0.320. The molecule has 0 aromatic heterocycles. The molecule has 172 valence electrons. The minimum Gasteiger partial charge on any atom is -0.455 e. The lowest BCUT2D eigenvalue weighted by atomic mass is 10.2. The van der Waals surface area contributed by atoms with Crippen molar-refractivity contribution in [2.24, 2.45) is 0 Å². The fourth-order valence-electron chi connectivity index (χ4n) is 2.93. The van der Waals surface area contributed by atoms with Crippen LogP contribution >= 0.6 is 0 Å². The summed E-state index contributed by atoms with van der Waals surface area (Å²) >= 11 is 0. The van der Waals surface area contributed by atoms with Gasteiger partial charge in [-0.15, -0.1) is 0 Å². The summed E-state index contributed by atoms with van der Waals surface area (Å²) in [7, 11) is -4.55. The molecule has 0 bridgehead atoms. The molecule has 1 fully saturated rings. The molecule has 0 spiro atoms. The van der Waals surface area contributed by atoms with Gasteiger partial charge < -0.3 is 15.0 Å². The summed E-state index contributed by atoms with van der Waals surface area (Å²) in [4.78, 5) is 36.3. The predicted octanol–water partition coefficient (Wildman–Crippen LogP) is -0.546. The molecule has 1 atom stereocenters. The monoisotopic (exact) mass is 475 g/mol. The number of nitrogens with one attached hydrogen (secondary N) is 1. The Morgan fingerprint density at radius 1 is 1.16 bits per heavy atom. The van der Waals surface area contributed by atoms with Gasteiger partial charge in [-0.3, -0.25) is 14.4 Å². The van der Waals surface area contributed by atoms with E-state index in [0.29, 0.717) is 12.1 Å². The molecule has 1 N–H and O–H groups in total. The zero-order valence-electron chi connectivity index (χ0n) is 17.4. The second-order valence-electron chi connectivity index (χ2n) is 7.19. The van der Waals surface area contributed by atoms with Crippen LogP contribution in [0, 0.1) is 0 Å². The number of hydrogen-bond donors (Lipinski definition) is 1. The zero-order valence-corrected chi connectivity index (χ0v) is 19.0. The highest BCUT2D eigenvalue weighted by Crippen LogP contribution is 2.18. The first-order valence-corrected chi connectivity index (χ1v) is 12.5. The molecular weight excluding hydrogens is 450 g/mol. The average molecular weight is 476 g/mol. The van der Waals surface area contributed by atoms with E-state index in [2.05, 4.69) is 5.32 Å². The number of amides is 2. The molecule has 0 radical (unpaired) electrons. The molecule has 0 saturated carbocycles. The summed E-state index contributed by atoms with van der Waals surface area (Å²) < 4.78 is 53.9. The SMILES string of the molecule is CC(=O)Nc1ccc(S(=O)(=O)N(C)CC(=O)OCC(=O)N(C)[C@H]2CCS(=O)(=O)C2)cc1. The van der Waals surface area contributed by atoms with E-state index in [9.17, 15) is 31.2 Å². The molecule has 0 unspecified atom stereocenters. The normalized spacial score (nSPS) is 17.9. The maximum absolute atomic E-state index is 12.6. The van der Waals surface area contributed by atoms with Crippen LogP contribution in [0.4, 0.5) is 5.69 Å². The number of carbonyl (C=O) groups is 3. The Balaban J connectivity index is 1.89. The number of hydrogen-bond acceptors (Lipinski definition) is 8. The number of nitrogens with zero attached hydrogens (tertiary/aromatic N) is 2. The highest BCUT2D eigenvalue weighted by Gasteiger charge is 2.33. The number of likely N-dealkylation sites (N-methyl/N-ethyl adjacent to an activating group) is 2. The first kappa shape index (κ1) is 24.8. The molecule has 31 heavy (non-hydrogen) atoms. The molecule has 1 aliphatic rings. The van der Waals surface area contributed by atoms with Crippen molar-refractivity contribution in [2.75, 3.05) is 44.1 Å². The molecule has 1 heterocycles. The molecule has 11 nitrogen and oxygen atoms in total. The van der Waals surface area contributed by atoms with Gasteiger partial charge >= 0.3 is 5.97 Å². The van der Waals surface area contributed by atoms with E-state index in [1.807, 2.05) is 0 Å². The van der Waals surface area contributed by atoms with Crippen LogP contribution in [0.3, 0.4) is 0 Å². The Kier molecular flexibility index (Phi) is 7.78. The van der Waals surface area contributed by atoms with Gasteiger partial charge in [-0.25, -0.2) is 16.8 Å². The Morgan fingerprint density at radius 3 is 2.29 bits per heavy atom. The molecule has 1 aliphatic heterocycles. The fourth-order valence-corrected chi connectivity index (χ4v) is 5.82. The molecule has 2 amide bonds. The number of ether oxygens (including phenoxy) is 1. The Hall–Kier alpha value is -2.51. The van der Waals surface area contributed by atoms with Crippen LogP contribution in [0.1, 0.15) is 13.3 Å². The van der Waals surface area contributed by atoms with Gasteiger partial charge in [0.2, 0.25) is 15.9 Å². The van der Waals surface area contributed by atoms with E-state index in [-0.39, 0.29) is 22.3 Å². The molecule has 1 aromatic carbocycles. The van der Waals surface area contributed by atoms with E-state index >= 15 is 0 Å². The summed E-state index contributed by atoms with van der Waals surface area (Å²) in [5.41, 5.74) is 0.422. The average Bonchev–Trinajstić information content (AvgIpc) is 3.05. The third-order valence-electron chi connectivity index (χ3n) is 4.74. The standard InChI is InChI=1S/C18H25N3O8S2/c1-13(22)19-14-4-6-16(7-5-14)31(27,28)20(2)10-18(24)29-11-17(23)21(3)15-8-9-30(25,26)12-15/h4-7,15H,8-12H2,1-3H3,(H,19,22)/t15-/m0/s1. The summed E-state index contributed by atoms with van der Waals surface area (Å²) in [5, 5.41) is 2.52. The van der Waals surface area contributed by atoms with Crippen LogP contribution in [-0.2, 0) is 39.0 Å². The van der Waals surface area contributed by atoms with Gasteiger partial charge in [-0.1, -0.05) is 0 Å². The number of sulfone groups is 1. The van der Waals surface area contributed by atoms with Crippen LogP contribution < -0.4 is 5.32 Å². The molecule has 13 heteroatoms. The van der Waals surface area contributed by atoms with E-state index < -0.39 is 50.9 Å². The van der Waals surface area contributed by atoms with Gasteiger partial charge in [0.1, 0.15) is 6.54 Å². The Bertz CT molecular complexity index is 1050. The van der Waals surface area contributed by atoms with Gasteiger partial charge in [-0.2, -0.15) is 4.31 Å². The van der Waals surface area contributed by atoms with E-state index in [1.54, 1.807) is 0 Å². The Labute approximate surface area is 181 Å². The highest BCUT2D eigenvalue weighted by atomic mass is 32.2. The van der Waals surface area contributed by atoms with Gasteiger partial charge in [0.25, 0.3) is 5.91 Å². The van der Waals surface area contributed by atoms with Gasteiger partial charge in [0, 0.05) is 32.7 Å². The van der Waals surface area contributed by atoms with Crippen molar-refractivity contribution in [3.05, 3.63) is 24.3 Å². The second-order valence-corrected chi connectivity index (χ2v) is 11.5. The topological polar surface area (TPSA) is 147 Å². The lowest BCUT2D eigenvalue weighted by molar-refractivity contribution is -0.152. The number of benzene rings is 1. The van der Waals surface area contributed by atoms with Crippen molar-refractivity contribution < 1.29 is 36.0 Å². The third-order valence-corrected chi connectivity index (χ3v) is 8.31. The van der Waals surface area contributed by atoms with Crippen LogP contribution in [-0.4, -0.2) is 88.6 Å². The zero-order chi connectivity index (χ0) is 23.4. The van der Waals surface area contributed by atoms with Crippen LogP contribution in [0.2, 0.25) is 0 Å². The molecule has 0 aliphatic carbocycles. The van der Waals surface area contributed by atoms with Crippen LogP contribution in [0.5, 0.6) is 0 Å². The first-order chi connectivity index (χ1) is 14.3. The van der Waals surface area contributed by atoms with Crippen molar-refractivity contribution in [2.45, 2.75) is 24.3 Å². The van der Waals surface area contributed by atoms with Gasteiger partial charge in [0.05, 0.1) is 16.4 Å². The van der Waals surface area contributed by atoms with Crippen molar-refractivity contribution in [1.29, 1.82) is 0 Å². The minimum atomic E-state index is -4.00. The van der Waals surface area contributed by atoms with Gasteiger partial charge in [0.15, 0.2) is 16.4 Å². The predicted molar refractivity (Wildman–Crippen MR) is 111 cm³/mol. The van der Waals surface area contributed by atoms with Crippen LogP contribution in [0.25, 0.3) is 0 Å². The second kappa shape index (κ2) is 9.75. The smallest absolute Gasteiger partial charge is 0.321 e. The lowest BCUT2D eigenvalue weighted by Crippen LogP contribution is -2.41. The van der Waals surface area contributed by atoms with Crippen LogP contribution in [0.15, 0.2) is 29.2 Å². The van der Waals surface area contributed by atoms with E-state index in [1.165, 1.54) is 50.2 Å². The molecule has 1 saturated heterocycles. The highest BCUT2D eigenvalue weighted by molar-refractivity contribution is 7.91. The number of esters is 1. The summed E-state index contributed by atoms with van der Waals surface area (Å²) in [6.45, 7) is 0.0813. The maximum Gasteiger partial charge on any atom is 0.321 e. The van der Waals surface area contributed by atoms with Crippen molar-refractivity contribution in [3.8, 4) is 0 Å². The van der Waals surface area contributed by atoms with Gasteiger partial charge in [-0.05, 0) is 30.7 Å². The minimum absolute atomic E-state index is 0.00349. The molecular formula is C18H25N3O8S2. The maximum atomic E-state index is 12.6. The summed E-state index contributed by atoms with van der Waals surface area (Å²) in [6, 6.07) is 4.93. The van der Waals surface area contributed by atoms with Crippen molar-refractivity contribution in [3.63, 3.8) is 0 Å². The quantitative estimate of drug-likeness (QED) is 0.493.